The van der Waals surface area contributed by atoms with Crippen LogP contribution < -0.4 is 0 Å². The molecule has 1 N–H and O–H groups in total. The van der Waals surface area contributed by atoms with E-state index >= 15 is 0 Å². The summed E-state index contributed by atoms with van der Waals surface area (Å²) in [4.78, 5) is 22.1. The fourth-order valence-corrected chi connectivity index (χ4v) is 2.59. The van der Waals surface area contributed by atoms with Crippen molar-refractivity contribution in [1.29, 1.82) is 0 Å². The molecule has 4 heteroatoms. The van der Waals surface area contributed by atoms with Gasteiger partial charge >= 0.3 is 11.9 Å². The maximum atomic E-state index is 11.6. The van der Waals surface area contributed by atoms with Crippen LogP contribution in [0.25, 0.3) is 21.5 Å². The van der Waals surface area contributed by atoms with Gasteiger partial charge < -0.3 is 9.84 Å². The maximum Gasteiger partial charge on any atom is 0.331 e. The molecular weight excluding hydrogens is 292 g/mol. The smallest absolute Gasteiger partial charge is 0.331 e. The zero-order chi connectivity index (χ0) is 16.2. The van der Waals surface area contributed by atoms with Gasteiger partial charge in [-0.1, -0.05) is 48.5 Å². The fraction of sp³-hybridized carbons (Fsp3) is 0.0526. The van der Waals surface area contributed by atoms with Crippen LogP contribution in [0.2, 0.25) is 0 Å². The Morgan fingerprint density at radius 3 is 2.04 bits per heavy atom. The molecule has 0 amide bonds. The summed E-state index contributed by atoms with van der Waals surface area (Å²) >= 11 is 0. The minimum Gasteiger partial charge on any atom is -0.478 e. The molecule has 0 fully saturated rings. The molecule has 0 unspecified atom stereocenters. The van der Waals surface area contributed by atoms with Crippen LogP contribution in [-0.4, -0.2) is 17.0 Å². The summed E-state index contributed by atoms with van der Waals surface area (Å²) in [6, 6.07) is 17.9. The van der Waals surface area contributed by atoms with Crippen molar-refractivity contribution < 1.29 is 19.4 Å². The molecule has 0 saturated heterocycles. The highest BCUT2D eigenvalue weighted by Gasteiger charge is 2.09. The van der Waals surface area contributed by atoms with E-state index in [-0.39, 0.29) is 6.61 Å². The van der Waals surface area contributed by atoms with Crippen molar-refractivity contribution in [2.75, 3.05) is 0 Å². The van der Waals surface area contributed by atoms with Gasteiger partial charge in [0, 0.05) is 17.7 Å². The van der Waals surface area contributed by atoms with Crippen LogP contribution in [0, 0.1) is 0 Å². The van der Waals surface area contributed by atoms with E-state index < -0.39 is 11.9 Å². The van der Waals surface area contributed by atoms with Crippen LogP contribution >= 0.6 is 0 Å². The van der Waals surface area contributed by atoms with Crippen LogP contribution in [0.1, 0.15) is 5.56 Å². The zero-order valence-electron chi connectivity index (χ0n) is 12.2. The zero-order valence-corrected chi connectivity index (χ0v) is 12.2. The lowest BCUT2D eigenvalue weighted by Crippen LogP contribution is -2.03. The Morgan fingerprint density at radius 1 is 0.913 bits per heavy atom. The van der Waals surface area contributed by atoms with E-state index in [2.05, 4.69) is 6.07 Å². The van der Waals surface area contributed by atoms with E-state index in [0.717, 1.165) is 39.3 Å². The lowest BCUT2D eigenvalue weighted by molar-refractivity contribution is -0.139. The Morgan fingerprint density at radius 2 is 1.48 bits per heavy atom. The van der Waals surface area contributed by atoms with E-state index in [1.807, 2.05) is 48.5 Å². The molecule has 0 atom stereocenters. The summed E-state index contributed by atoms with van der Waals surface area (Å²) < 4.78 is 5.21. The third-order valence-electron chi connectivity index (χ3n) is 3.60. The third-order valence-corrected chi connectivity index (χ3v) is 3.60. The van der Waals surface area contributed by atoms with Crippen molar-refractivity contribution in [2.45, 2.75) is 6.61 Å². The predicted molar refractivity (Wildman–Crippen MR) is 88.0 cm³/mol. The number of carboxylic acids is 1. The van der Waals surface area contributed by atoms with Gasteiger partial charge in [-0.3, -0.25) is 0 Å². The minimum atomic E-state index is -1.18. The monoisotopic (exact) mass is 306 g/mol. The highest BCUT2D eigenvalue weighted by atomic mass is 16.5. The van der Waals surface area contributed by atoms with E-state index in [1.54, 1.807) is 0 Å². The van der Waals surface area contributed by atoms with E-state index in [1.165, 1.54) is 0 Å². The Kier molecular flexibility index (Phi) is 4.06. The SMILES string of the molecule is O=C(O)/C=C/C(=O)OCc1c2ccccc2cc2ccccc12. The molecular formula is C19H14O4. The minimum absolute atomic E-state index is 0.0880. The number of hydrogen-bond acceptors (Lipinski definition) is 3. The standard InChI is InChI=1S/C19H14O4/c20-18(21)9-10-19(22)23-12-17-15-7-3-1-5-13(15)11-14-6-2-4-8-16(14)17/h1-11H,12H2,(H,20,21)/b10-9+. The number of esters is 1. The topological polar surface area (TPSA) is 63.6 Å². The second kappa shape index (κ2) is 6.32. The summed E-state index contributed by atoms with van der Waals surface area (Å²) in [7, 11) is 0. The van der Waals surface area contributed by atoms with Crippen molar-refractivity contribution in [3.05, 3.63) is 72.3 Å². The highest BCUT2D eigenvalue weighted by molar-refractivity contribution is 6.02. The number of fused-ring (bicyclic) bond motifs is 2. The molecule has 0 saturated carbocycles. The van der Waals surface area contributed by atoms with Gasteiger partial charge in [-0.2, -0.15) is 0 Å². The summed E-state index contributed by atoms with van der Waals surface area (Å²) in [5.74, 6) is -1.86. The molecule has 23 heavy (non-hydrogen) atoms. The van der Waals surface area contributed by atoms with Crippen molar-refractivity contribution >= 4 is 33.5 Å². The molecule has 3 aromatic rings. The van der Waals surface area contributed by atoms with Crippen molar-refractivity contribution in [2.24, 2.45) is 0 Å². The molecule has 0 spiro atoms. The molecule has 0 aliphatic rings. The van der Waals surface area contributed by atoms with Gasteiger partial charge in [-0.05, 0) is 27.6 Å². The Balaban J connectivity index is 2.00. The molecule has 0 heterocycles. The normalized spacial score (nSPS) is 11.1. The predicted octanol–water partition coefficient (Wildman–Crippen LogP) is 3.68. The molecule has 0 aliphatic heterocycles. The number of hydrogen-bond donors (Lipinski definition) is 1. The average molecular weight is 306 g/mol. The van der Waals surface area contributed by atoms with Crippen LogP contribution in [0.3, 0.4) is 0 Å². The summed E-state index contributed by atoms with van der Waals surface area (Å²) in [6.45, 7) is 0.0880. The highest BCUT2D eigenvalue weighted by Crippen LogP contribution is 2.29. The number of ether oxygens (including phenoxy) is 1. The molecule has 0 aliphatic carbocycles. The van der Waals surface area contributed by atoms with Gasteiger partial charge in [-0.15, -0.1) is 0 Å². The summed E-state index contributed by atoms with van der Waals surface area (Å²) in [6.07, 6.45) is 1.68. The van der Waals surface area contributed by atoms with Crippen molar-refractivity contribution in [1.82, 2.24) is 0 Å². The van der Waals surface area contributed by atoms with Crippen LogP contribution in [-0.2, 0) is 20.9 Å². The van der Waals surface area contributed by atoms with E-state index in [4.69, 9.17) is 9.84 Å². The van der Waals surface area contributed by atoms with Gasteiger partial charge in [0.25, 0.3) is 0 Å². The third kappa shape index (κ3) is 3.21. The first-order valence-corrected chi connectivity index (χ1v) is 7.12. The number of aliphatic carboxylic acids is 1. The number of carboxylic acid groups (broad SMARTS) is 1. The van der Waals surface area contributed by atoms with Crippen molar-refractivity contribution in [3.8, 4) is 0 Å². The Hall–Kier alpha value is -3.14. The van der Waals surface area contributed by atoms with Gasteiger partial charge in [0.15, 0.2) is 0 Å². The van der Waals surface area contributed by atoms with Crippen molar-refractivity contribution in [3.63, 3.8) is 0 Å². The number of carbonyl (C=O) groups is 2. The number of rotatable bonds is 4. The second-order valence-corrected chi connectivity index (χ2v) is 5.08. The van der Waals surface area contributed by atoms with E-state index in [9.17, 15) is 9.59 Å². The average Bonchev–Trinajstić information content (AvgIpc) is 2.56. The maximum absolute atomic E-state index is 11.6. The van der Waals surface area contributed by atoms with Gasteiger partial charge in [0.2, 0.25) is 0 Å². The van der Waals surface area contributed by atoms with Crippen LogP contribution in [0.4, 0.5) is 0 Å². The first-order chi connectivity index (χ1) is 11.1. The Bertz CT molecular complexity index is 871. The second-order valence-electron chi connectivity index (χ2n) is 5.08. The van der Waals surface area contributed by atoms with Crippen LogP contribution in [0.15, 0.2) is 66.7 Å². The molecule has 114 valence electrons. The largest absolute Gasteiger partial charge is 0.478 e. The Labute approximate surface area is 132 Å². The number of carbonyl (C=O) groups excluding carboxylic acids is 1. The first kappa shape index (κ1) is 14.8. The van der Waals surface area contributed by atoms with Gasteiger partial charge in [0.1, 0.15) is 6.61 Å². The summed E-state index contributed by atoms with van der Waals surface area (Å²) in [5.41, 5.74) is 0.913. The first-order valence-electron chi connectivity index (χ1n) is 7.12. The molecule has 3 aromatic carbocycles. The fourth-order valence-electron chi connectivity index (χ4n) is 2.59. The molecule has 3 rings (SSSR count). The molecule has 4 nitrogen and oxygen atoms in total. The lowest BCUT2D eigenvalue weighted by atomic mass is 9.97. The van der Waals surface area contributed by atoms with E-state index in [0.29, 0.717) is 0 Å². The molecule has 0 bridgehead atoms. The summed E-state index contributed by atoms with van der Waals surface area (Å²) in [5, 5.41) is 12.7. The lowest BCUT2D eigenvalue weighted by Gasteiger charge is -2.11. The quantitative estimate of drug-likeness (QED) is 0.454. The molecule has 0 radical (unpaired) electrons. The number of benzene rings is 3. The van der Waals surface area contributed by atoms with Crippen LogP contribution in [0.5, 0.6) is 0 Å². The van der Waals surface area contributed by atoms with Gasteiger partial charge in [-0.25, -0.2) is 9.59 Å². The van der Waals surface area contributed by atoms with Gasteiger partial charge in [0.05, 0.1) is 0 Å². The molecule has 0 aromatic heterocycles.